The van der Waals surface area contributed by atoms with Crippen molar-refractivity contribution in [3.05, 3.63) is 30.9 Å². The van der Waals surface area contributed by atoms with Gasteiger partial charge in [-0.15, -0.1) is 10.2 Å². The molecule has 3 rings (SSSR count). The van der Waals surface area contributed by atoms with Gasteiger partial charge in [-0.2, -0.15) is 0 Å². The maximum Gasteiger partial charge on any atom is 0.123 e. The monoisotopic (exact) mass is 272 g/mol. The molecule has 0 aliphatic carbocycles. The molecule has 1 aromatic heterocycles. The lowest BCUT2D eigenvalue weighted by Crippen LogP contribution is -2.46. The molecular weight excluding hydrogens is 252 g/mol. The molecule has 2 N–H and O–H groups in total. The lowest BCUT2D eigenvalue weighted by molar-refractivity contribution is 0.271. The first-order chi connectivity index (χ1) is 9.78. The van der Waals surface area contributed by atoms with Crippen LogP contribution in [-0.4, -0.2) is 52.4 Å². The largest absolute Gasteiger partial charge is 0.399 e. The fourth-order valence-corrected chi connectivity index (χ4v) is 2.64. The number of aromatic nitrogens is 3. The molecule has 0 saturated carbocycles. The molecular formula is C14H20N6. The molecule has 0 atom stereocenters. The number of piperazine rings is 1. The SMILES string of the molecule is CCN1CCN(c2ccc(N)cc2-n2cnnc2)CC1. The second-order valence-corrected chi connectivity index (χ2v) is 5.04. The van der Waals surface area contributed by atoms with Crippen LogP contribution >= 0.6 is 0 Å². The van der Waals surface area contributed by atoms with Gasteiger partial charge in [0, 0.05) is 31.9 Å². The third kappa shape index (κ3) is 2.46. The topological polar surface area (TPSA) is 63.2 Å². The summed E-state index contributed by atoms with van der Waals surface area (Å²) >= 11 is 0. The van der Waals surface area contributed by atoms with E-state index in [9.17, 15) is 0 Å². The lowest BCUT2D eigenvalue weighted by Gasteiger charge is -2.36. The molecule has 2 aromatic rings. The Morgan fingerprint density at radius 2 is 1.75 bits per heavy atom. The number of anilines is 2. The van der Waals surface area contributed by atoms with Crippen LogP contribution in [0.15, 0.2) is 30.9 Å². The highest BCUT2D eigenvalue weighted by Crippen LogP contribution is 2.27. The summed E-state index contributed by atoms with van der Waals surface area (Å²) in [7, 11) is 0. The number of benzene rings is 1. The molecule has 6 nitrogen and oxygen atoms in total. The van der Waals surface area contributed by atoms with Gasteiger partial charge in [-0.25, -0.2) is 0 Å². The summed E-state index contributed by atoms with van der Waals surface area (Å²) in [6, 6.07) is 6.02. The molecule has 1 aliphatic heterocycles. The highest BCUT2D eigenvalue weighted by atomic mass is 15.3. The van der Waals surface area contributed by atoms with Gasteiger partial charge in [-0.1, -0.05) is 6.92 Å². The van der Waals surface area contributed by atoms with Crippen molar-refractivity contribution in [1.82, 2.24) is 19.7 Å². The average molecular weight is 272 g/mol. The highest BCUT2D eigenvalue weighted by Gasteiger charge is 2.19. The predicted octanol–water partition coefficient (Wildman–Crippen LogP) is 0.991. The summed E-state index contributed by atoms with van der Waals surface area (Å²) < 4.78 is 1.91. The molecule has 1 aliphatic rings. The molecule has 2 heterocycles. The van der Waals surface area contributed by atoms with Gasteiger partial charge in [-0.3, -0.25) is 4.57 Å². The van der Waals surface area contributed by atoms with Crippen LogP contribution in [0.1, 0.15) is 6.92 Å². The summed E-state index contributed by atoms with van der Waals surface area (Å²) in [5.74, 6) is 0. The number of nitrogens with zero attached hydrogens (tertiary/aromatic N) is 5. The van der Waals surface area contributed by atoms with E-state index in [4.69, 9.17) is 5.73 Å². The van der Waals surface area contributed by atoms with Gasteiger partial charge in [0.1, 0.15) is 12.7 Å². The Morgan fingerprint density at radius 3 is 2.40 bits per heavy atom. The van der Waals surface area contributed by atoms with E-state index < -0.39 is 0 Å². The second kappa shape index (κ2) is 5.50. The van der Waals surface area contributed by atoms with E-state index in [-0.39, 0.29) is 0 Å². The molecule has 1 fully saturated rings. The predicted molar refractivity (Wildman–Crippen MR) is 80.1 cm³/mol. The first-order valence-electron chi connectivity index (χ1n) is 6.99. The molecule has 0 unspecified atom stereocenters. The van der Waals surface area contributed by atoms with Crippen LogP contribution in [0.2, 0.25) is 0 Å². The van der Waals surface area contributed by atoms with Crippen LogP contribution in [0.3, 0.4) is 0 Å². The minimum Gasteiger partial charge on any atom is -0.399 e. The standard InChI is InChI=1S/C14H20N6/c1-2-18-5-7-19(8-6-18)13-4-3-12(15)9-14(13)20-10-16-17-11-20/h3-4,9-11H,2,5-8,15H2,1H3. The molecule has 6 heteroatoms. The van der Waals surface area contributed by atoms with E-state index in [1.54, 1.807) is 12.7 Å². The van der Waals surface area contributed by atoms with Gasteiger partial charge in [0.25, 0.3) is 0 Å². The van der Waals surface area contributed by atoms with E-state index in [1.165, 1.54) is 5.69 Å². The van der Waals surface area contributed by atoms with Gasteiger partial charge in [0.15, 0.2) is 0 Å². The molecule has 1 aromatic carbocycles. The molecule has 0 bridgehead atoms. The van der Waals surface area contributed by atoms with Crippen LogP contribution in [0, 0.1) is 0 Å². The molecule has 0 radical (unpaired) electrons. The summed E-state index contributed by atoms with van der Waals surface area (Å²) in [5, 5.41) is 7.77. The fourth-order valence-electron chi connectivity index (χ4n) is 2.64. The van der Waals surface area contributed by atoms with Crippen LogP contribution in [-0.2, 0) is 0 Å². The second-order valence-electron chi connectivity index (χ2n) is 5.04. The number of hydrogen-bond donors (Lipinski definition) is 1. The van der Waals surface area contributed by atoms with Gasteiger partial charge in [0.05, 0.1) is 11.4 Å². The maximum absolute atomic E-state index is 5.93. The Bertz CT molecular complexity index is 557. The average Bonchev–Trinajstić information content (AvgIpc) is 3.01. The van der Waals surface area contributed by atoms with E-state index >= 15 is 0 Å². The van der Waals surface area contributed by atoms with Crippen molar-refractivity contribution in [2.75, 3.05) is 43.4 Å². The minimum absolute atomic E-state index is 0.754. The summed E-state index contributed by atoms with van der Waals surface area (Å²) in [6.07, 6.45) is 3.42. The number of rotatable bonds is 3. The normalized spacial score (nSPS) is 16.6. The van der Waals surface area contributed by atoms with Gasteiger partial charge >= 0.3 is 0 Å². The number of hydrogen-bond acceptors (Lipinski definition) is 5. The van der Waals surface area contributed by atoms with Crippen molar-refractivity contribution in [2.45, 2.75) is 6.92 Å². The van der Waals surface area contributed by atoms with Crippen LogP contribution < -0.4 is 10.6 Å². The van der Waals surface area contributed by atoms with Gasteiger partial charge in [0.2, 0.25) is 0 Å². The molecule has 0 amide bonds. The Balaban J connectivity index is 1.90. The maximum atomic E-state index is 5.93. The van der Waals surface area contributed by atoms with E-state index in [1.807, 2.05) is 16.7 Å². The minimum atomic E-state index is 0.754. The quantitative estimate of drug-likeness (QED) is 0.844. The van der Waals surface area contributed by atoms with Gasteiger partial charge < -0.3 is 15.5 Å². The van der Waals surface area contributed by atoms with Crippen molar-refractivity contribution < 1.29 is 0 Å². The number of nitrogens with two attached hydrogens (primary N) is 1. The zero-order valence-electron chi connectivity index (χ0n) is 11.7. The molecule has 0 spiro atoms. The van der Waals surface area contributed by atoms with Crippen molar-refractivity contribution in [1.29, 1.82) is 0 Å². The van der Waals surface area contributed by atoms with Gasteiger partial charge in [-0.05, 0) is 24.7 Å². The van der Waals surface area contributed by atoms with Crippen molar-refractivity contribution in [3.8, 4) is 5.69 Å². The first kappa shape index (κ1) is 12.9. The van der Waals surface area contributed by atoms with Crippen molar-refractivity contribution in [2.24, 2.45) is 0 Å². The molecule has 106 valence electrons. The number of likely N-dealkylation sites (N-methyl/N-ethyl adjacent to an activating group) is 1. The van der Waals surface area contributed by atoms with E-state index in [0.717, 1.165) is 44.1 Å². The summed E-state index contributed by atoms with van der Waals surface area (Å²) in [5.41, 5.74) is 8.91. The fraction of sp³-hybridized carbons (Fsp3) is 0.429. The van der Waals surface area contributed by atoms with Crippen LogP contribution in [0.25, 0.3) is 5.69 Å². The van der Waals surface area contributed by atoms with E-state index in [0.29, 0.717) is 0 Å². The third-order valence-corrected chi connectivity index (χ3v) is 3.86. The number of nitrogen functional groups attached to an aromatic ring is 1. The zero-order chi connectivity index (χ0) is 13.9. The molecule has 1 saturated heterocycles. The van der Waals surface area contributed by atoms with Crippen LogP contribution in [0.5, 0.6) is 0 Å². The van der Waals surface area contributed by atoms with Crippen LogP contribution in [0.4, 0.5) is 11.4 Å². The van der Waals surface area contributed by atoms with E-state index in [2.05, 4.69) is 33.0 Å². The van der Waals surface area contributed by atoms with Crippen molar-refractivity contribution >= 4 is 11.4 Å². The summed E-state index contributed by atoms with van der Waals surface area (Å²) in [6.45, 7) is 7.60. The Hall–Kier alpha value is -2.08. The highest BCUT2D eigenvalue weighted by molar-refractivity contribution is 5.67. The zero-order valence-corrected chi connectivity index (χ0v) is 11.7. The van der Waals surface area contributed by atoms with Crippen molar-refractivity contribution in [3.63, 3.8) is 0 Å². The first-order valence-corrected chi connectivity index (χ1v) is 6.99. The Morgan fingerprint density at radius 1 is 1.05 bits per heavy atom. The molecule has 20 heavy (non-hydrogen) atoms. The smallest absolute Gasteiger partial charge is 0.123 e. The Kier molecular flexibility index (Phi) is 3.56. The third-order valence-electron chi connectivity index (χ3n) is 3.86. The lowest BCUT2D eigenvalue weighted by atomic mass is 10.2. The Labute approximate surface area is 118 Å². The summed E-state index contributed by atoms with van der Waals surface area (Å²) in [4.78, 5) is 4.87.